The molecule has 1 fully saturated rings. The van der Waals surface area contributed by atoms with Crippen molar-refractivity contribution in [2.24, 2.45) is 11.8 Å². The van der Waals surface area contributed by atoms with Gasteiger partial charge in [0.25, 0.3) is 0 Å². The van der Waals surface area contributed by atoms with Crippen molar-refractivity contribution in [1.82, 2.24) is 0 Å². The number of ketones is 1. The number of carbonyl (C=O) groups is 1. The Hall–Kier alpha value is -0.630. The fourth-order valence-corrected chi connectivity index (χ4v) is 1.95. The van der Waals surface area contributed by atoms with E-state index in [-0.39, 0.29) is 5.92 Å². The van der Waals surface area contributed by atoms with Gasteiger partial charge in [-0.3, -0.25) is 4.79 Å². The number of halogens is 1. The first-order chi connectivity index (χ1) is 6.68. The smallest absolute Gasteiger partial charge is 0.165 e. The fourth-order valence-electron chi connectivity index (χ4n) is 1.69. The molecule has 0 bridgehead atoms. The summed E-state index contributed by atoms with van der Waals surface area (Å²) in [7, 11) is 0. The number of Topliss-reactive ketones (excluding diaryl/α,β-unsaturated/α-hetero) is 1. The van der Waals surface area contributed by atoms with E-state index in [0.717, 1.165) is 10.0 Å². The SMILES string of the molecule is CC(C(=O)c1ccc(Br)cc1)C1CC1. The minimum absolute atomic E-state index is 0.205. The second kappa shape index (κ2) is 3.85. The van der Waals surface area contributed by atoms with Gasteiger partial charge in [-0.1, -0.05) is 35.0 Å². The van der Waals surface area contributed by atoms with Crippen LogP contribution < -0.4 is 0 Å². The van der Waals surface area contributed by atoms with E-state index in [1.807, 2.05) is 31.2 Å². The lowest BCUT2D eigenvalue weighted by Crippen LogP contribution is -2.12. The molecule has 1 atom stereocenters. The average molecular weight is 253 g/mol. The van der Waals surface area contributed by atoms with Crippen LogP contribution in [0.4, 0.5) is 0 Å². The first-order valence-electron chi connectivity index (χ1n) is 4.98. The van der Waals surface area contributed by atoms with Crippen molar-refractivity contribution in [2.45, 2.75) is 19.8 Å². The van der Waals surface area contributed by atoms with Crippen molar-refractivity contribution >= 4 is 21.7 Å². The van der Waals surface area contributed by atoms with Crippen LogP contribution in [0.25, 0.3) is 0 Å². The molecule has 0 aromatic heterocycles. The molecule has 0 aliphatic heterocycles. The Labute approximate surface area is 92.6 Å². The zero-order valence-electron chi connectivity index (χ0n) is 8.16. The van der Waals surface area contributed by atoms with Crippen LogP contribution in [-0.2, 0) is 0 Å². The lowest BCUT2D eigenvalue weighted by Gasteiger charge is -2.08. The van der Waals surface area contributed by atoms with Crippen molar-refractivity contribution in [3.05, 3.63) is 34.3 Å². The Kier molecular flexibility index (Phi) is 2.73. The molecule has 0 radical (unpaired) electrons. The third kappa shape index (κ3) is 2.06. The van der Waals surface area contributed by atoms with Crippen LogP contribution >= 0.6 is 15.9 Å². The molecule has 1 nitrogen and oxygen atoms in total. The molecule has 1 saturated carbocycles. The van der Waals surface area contributed by atoms with Crippen LogP contribution in [0.3, 0.4) is 0 Å². The van der Waals surface area contributed by atoms with Gasteiger partial charge in [0.15, 0.2) is 5.78 Å². The molecule has 1 aliphatic rings. The molecule has 0 N–H and O–H groups in total. The van der Waals surface area contributed by atoms with E-state index >= 15 is 0 Å². The van der Waals surface area contributed by atoms with Gasteiger partial charge in [-0.15, -0.1) is 0 Å². The van der Waals surface area contributed by atoms with Gasteiger partial charge < -0.3 is 0 Å². The molecule has 1 unspecified atom stereocenters. The monoisotopic (exact) mass is 252 g/mol. The summed E-state index contributed by atoms with van der Waals surface area (Å²) in [6, 6.07) is 7.64. The molecule has 2 heteroatoms. The third-order valence-electron chi connectivity index (χ3n) is 2.87. The standard InChI is InChI=1S/C12H13BrO/c1-8(9-2-3-9)12(14)10-4-6-11(13)7-5-10/h4-9H,2-3H2,1H3. The maximum Gasteiger partial charge on any atom is 0.165 e. The van der Waals surface area contributed by atoms with Crippen molar-refractivity contribution in [3.8, 4) is 0 Å². The van der Waals surface area contributed by atoms with Crippen molar-refractivity contribution in [3.63, 3.8) is 0 Å². The quantitative estimate of drug-likeness (QED) is 0.751. The average Bonchev–Trinajstić information content (AvgIpc) is 3.00. The molecule has 2 rings (SSSR count). The van der Waals surface area contributed by atoms with Crippen molar-refractivity contribution in [2.75, 3.05) is 0 Å². The lowest BCUT2D eigenvalue weighted by atomic mass is 9.95. The predicted molar refractivity (Wildman–Crippen MR) is 60.4 cm³/mol. The highest BCUT2D eigenvalue weighted by Crippen LogP contribution is 2.38. The first kappa shape index (κ1) is 9.91. The summed E-state index contributed by atoms with van der Waals surface area (Å²) in [4.78, 5) is 11.9. The first-order valence-corrected chi connectivity index (χ1v) is 5.77. The maximum atomic E-state index is 11.9. The van der Waals surface area contributed by atoms with Gasteiger partial charge in [0.1, 0.15) is 0 Å². The summed E-state index contributed by atoms with van der Waals surface area (Å²) in [5.74, 6) is 1.14. The highest BCUT2D eigenvalue weighted by Gasteiger charge is 2.32. The summed E-state index contributed by atoms with van der Waals surface area (Å²) >= 11 is 3.36. The van der Waals surface area contributed by atoms with Crippen LogP contribution in [0, 0.1) is 11.8 Å². The van der Waals surface area contributed by atoms with Crippen LogP contribution in [0.15, 0.2) is 28.7 Å². The molecule has 1 aromatic rings. The lowest BCUT2D eigenvalue weighted by molar-refractivity contribution is 0.0916. The Morgan fingerprint density at radius 1 is 1.36 bits per heavy atom. The van der Waals surface area contributed by atoms with Gasteiger partial charge in [0, 0.05) is 16.0 Å². The molecule has 1 aliphatic carbocycles. The van der Waals surface area contributed by atoms with Crippen molar-refractivity contribution < 1.29 is 4.79 Å². The normalized spacial score (nSPS) is 17.9. The molecule has 1 aromatic carbocycles. The van der Waals surface area contributed by atoms with Gasteiger partial charge in [-0.25, -0.2) is 0 Å². The highest BCUT2D eigenvalue weighted by atomic mass is 79.9. The largest absolute Gasteiger partial charge is 0.294 e. The van der Waals surface area contributed by atoms with Crippen LogP contribution in [0.2, 0.25) is 0 Å². The van der Waals surface area contributed by atoms with Crippen LogP contribution in [-0.4, -0.2) is 5.78 Å². The Bertz CT molecular complexity index is 338. The molecule has 74 valence electrons. The zero-order chi connectivity index (χ0) is 10.1. The third-order valence-corrected chi connectivity index (χ3v) is 3.40. The van der Waals surface area contributed by atoms with E-state index in [2.05, 4.69) is 15.9 Å². The van der Waals surface area contributed by atoms with E-state index in [4.69, 9.17) is 0 Å². The van der Waals surface area contributed by atoms with E-state index in [1.165, 1.54) is 12.8 Å². The minimum Gasteiger partial charge on any atom is -0.294 e. The van der Waals surface area contributed by atoms with E-state index in [1.54, 1.807) is 0 Å². The summed E-state index contributed by atoms with van der Waals surface area (Å²) in [6.07, 6.45) is 2.45. The number of rotatable bonds is 3. The van der Waals surface area contributed by atoms with Crippen LogP contribution in [0.5, 0.6) is 0 Å². The summed E-state index contributed by atoms with van der Waals surface area (Å²) in [5.41, 5.74) is 0.840. The molecular weight excluding hydrogens is 240 g/mol. The maximum absolute atomic E-state index is 11.9. The Morgan fingerprint density at radius 3 is 2.43 bits per heavy atom. The molecule has 0 amide bonds. The summed E-state index contributed by atoms with van der Waals surface area (Å²) < 4.78 is 1.02. The van der Waals surface area contributed by atoms with Gasteiger partial charge >= 0.3 is 0 Å². The molecule has 0 saturated heterocycles. The predicted octanol–water partition coefficient (Wildman–Crippen LogP) is 3.68. The van der Waals surface area contributed by atoms with E-state index < -0.39 is 0 Å². The number of hydrogen-bond donors (Lipinski definition) is 0. The fraction of sp³-hybridized carbons (Fsp3) is 0.417. The molecule has 0 spiro atoms. The van der Waals surface area contributed by atoms with Gasteiger partial charge in [0.2, 0.25) is 0 Å². The van der Waals surface area contributed by atoms with Gasteiger partial charge in [-0.05, 0) is 30.9 Å². The second-order valence-corrected chi connectivity index (χ2v) is 4.91. The van der Waals surface area contributed by atoms with Gasteiger partial charge in [-0.2, -0.15) is 0 Å². The topological polar surface area (TPSA) is 17.1 Å². The molecular formula is C12H13BrO. The Morgan fingerprint density at radius 2 is 1.93 bits per heavy atom. The van der Waals surface area contributed by atoms with E-state index in [0.29, 0.717) is 11.7 Å². The zero-order valence-corrected chi connectivity index (χ0v) is 9.75. The van der Waals surface area contributed by atoms with Crippen molar-refractivity contribution in [1.29, 1.82) is 0 Å². The minimum atomic E-state index is 0.205. The molecule has 14 heavy (non-hydrogen) atoms. The number of carbonyl (C=O) groups excluding carboxylic acids is 1. The van der Waals surface area contributed by atoms with Crippen LogP contribution in [0.1, 0.15) is 30.1 Å². The summed E-state index contributed by atoms with van der Waals surface area (Å²) in [6.45, 7) is 2.04. The molecule has 0 heterocycles. The number of benzene rings is 1. The second-order valence-electron chi connectivity index (χ2n) is 4.00. The Balaban J connectivity index is 2.13. The summed E-state index contributed by atoms with van der Waals surface area (Å²) in [5, 5.41) is 0. The van der Waals surface area contributed by atoms with E-state index in [9.17, 15) is 4.79 Å². The van der Waals surface area contributed by atoms with Gasteiger partial charge in [0.05, 0.1) is 0 Å². The highest BCUT2D eigenvalue weighted by molar-refractivity contribution is 9.10. The number of hydrogen-bond acceptors (Lipinski definition) is 1.